The molecule has 2 aromatic carbocycles. The maximum Gasteiger partial charge on any atom is 0.229 e. The quantitative estimate of drug-likeness (QED) is 0.306. The van der Waals surface area contributed by atoms with Crippen LogP contribution in [0.2, 0.25) is 5.02 Å². The lowest BCUT2D eigenvalue weighted by Crippen LogP contribution is -2.38. The van der Waals surface area contributed by atoms with Gasteiger partial charge in [-0.25, -0.2) is 9.37 Å². The van der Waals surface area contributed by atoms with Crippen LogP contribution in [0.5, 0.6) is 5.75 Å². The number of aromatic nitrogens is 2. The fourth-order valence-electron chi connectivity index (χ4n) is 4.26. The Bertz CT molecular complexity index is 1180. The van der Waals surface area contributed by atoms with Gasteiger partial charge in [0.15, 0.2) is 17.4 Å². The molecule has 10 heteroatoms. The Balaban J connectivity index is 1.33. The van der Waals surface area contributed by atoms with E-state index in [2.05, 4.69) is 20.6 Å². The van der Waals surface area contributed by atoms with Gasteiger partial charge in [0, 0.05) is 43.0 Å². The summed E-state index contributed by atoms with van der Waals surface area (Å²) >= 11 is 6.00. The van der Waals surface area contributed by atoms with Crippen molar-refractivity contribution in [2.24, 2.45) is 5.92 Å². The van der Waals surface area contributed by atoms with Gasteiger partial charge in [-0.15, -0.1) is 0 Å². The van der Waals surface area contributed by atoms with E-state index < -0.39 is 5.82 Å². The first-order chi connectivity index (χ1) is 18.0. The molecule has 0 saturated carbocycles. The van der Waals surface area contributed by atoms with Crippen LogP contribution >= 0.6 is 11.6 Å². The number of methoxy groups -OCH3 is 1. The minimum atomic E-state index is -0.484. The number of piperidine rings is 1. The molecule has 1 aliphatic heterocycles. The van der Waals surface area contributed by atoms with E-state index in [0.29, 0.717) is 43.7 Å². The van der Waals surface area contributed by atoms with Crippen LogP contribution in [-0.2, 0) is 9.53 Å². The molecule has 196 valence electrons. The third kappa shape index (κ3) is 8.03. The summed E-state index contributed by atoms with van der Waals surface area (Å²) in [5.74, 6) is 1.01. The monoisotopic (exact) mass is 527 g/mol. The zero-order chi connectivity index (χ0) is 26.0. The first-order valence-corrected chi connectivity index (χ1v) is 12.7. The molecule has 1 aliphatic rings. The number of anilines is 4. The number of ether oxygens (including phenoxy) is 2. The number of hydrogen-bond acceptors (Lipinski definition) is 8. The Morgan fingerprint density at radius 1 is 1.19 bits per heavy atom. The standard InChI is InChI=1S/C27H31ClFN5O3/c1-36-12-13-37-24-9-7-21(8-10-24)32-27-31-17-25(29)26(33-27)34-11-3-4-19(18-34)14-23(35)16-30-22-6-2-5-20(28)15-22/h2,5-10,15,17,19,30H,3-4,11-14,16,18H2,1H3,(H,31,32,33)/t19-/m0/s1. The molecule has 0 amide bonds. The molecule has 2 N–H and O–H groups in total. The molecule has 37 heavy (non-hydrogen) atoms. The predicted molar refractivity (Wildman–Crippen MR) is 144 cm³/mol. The normalized spacial score (nSPS) is 15.3. The van der Waals surface area contributed by atoms with Gasteiger partial charge in [-0.05, 0) is 61.2 Å². The second-order valence-electron chi connectivity index (χ2n) is 8.92. The van der Waals surface area contributed by atoms with Gasteiger partial charge in [0.1, 0.15) is 12.4 Å². The molecule has 1 atom stereocenters. The molecule has 1 aromatic heterocycles. The van der Waals surface area contributed by atoms with E-state index in [-0.39, 0.29) is 24.1 Å². The van der Waals surface area contributed by atoms with Crippen molar-refractivity contribution in [1.82, 2.24) is 9.97 Å². The Morgan fingerprint density at radius 2 is 2.03 bits per heavy atom. The van der Waals surface area contributed by atoms with Crippen molar-refractivity contribution < 1.29 is 18.7 Å². The van der Waals surface area contributed by atoms with E-state index in [0.717, 1.165) is 30.0 Å². The van der Waals surface area contributed by atoms with Crippen LogP contribution in [0.25, 0.3) is 0 Å². The number of benzene rings is 2. The highest BCUT2D eigenvalue weighted by Gasteiger charge is 2.25. The van der Waals surface area contributed by atoms with Crippen molar-refractivity contribution in [3.8, 4) is 5.75 Å². The number of rotatable bonds is 12. The molecule has 2 heterocycles. The second-order valence-corrected chi connectivity index (χ2v) is 9.35. The average Bonchev–Trinajstić information content (AvgIpc) is 2.90. The second kappa shape index (κ2) is 13.2. The largest absolute Gasteiger partial charge is 0.491 e. The molecule has 0 radical (unpaired) electrons. The smallest absolute Gasteiger partial charge is 0.229 e. The van der Waals surface area contributed by atoms with Gasteiger partial charge in [-0.3, -0.25) is 4.79 Å². The topological polar surface area (TPSA) is 88.6 Å². The number of carbonyl (C=O) groups excluding carboxylic acids is 1. The van der Waals surface area contributed by atoms with Crippen LogP contribution in [0.4, 0.5) is 27.5 Å². The molecule has 1 fully saturated rings. The summed E-state index contributed by atoms with van der Waals surface area (Å²) in [6.45, 7) is 2.44. The van der Waals surface area contributed by atoms with E-state index in [1.54, 1.807) is 19.2 Å². The third-order valence-electron chi connectivity index (χ3n) is 6.04. The van der Waals surface area contributed by atoms with Crippen LogP contribution in [0.3, 0.4) is 0 Å². The number of ketones is 1. The maximum absolute atomic E-state index is 14.7. The number of carbonyl (C=O) groups is 1. The first-order valence-electron chi connectivity index (χ1n) is 12.3. The third-order valence-corrected chi connectivity index (χ3v) is 6.28. The van der Waals surface area contributed by atoms with Crippen LogP contribution in [-0.4, -0.2) is 55.7 Å². The van der Waals surface area contributed by atoms with Crippen LogP contribution in [0.1, 0.15) is 19.3 Å². The average molecular weight is 528 g/mol. The fourth-order valence-corrected chi connectivity index (χ4v) is 4.45. The van der Waals surface area contributed by atoms with Crippen LogP contribution in [0.15, 0.2) is 54.7 Å². The van der Waals surface area contributed by atoms with Gasteiger partial charge in [-0.2, -0.15) is 4.98 Å². The van der Waals surface area contributed by atoms with Crippen LogP contribution in [0, 0.1) is 11.7 Å². The molecular weight excluding hydrogens is 497 g/mol. The molecule has 3 aromatic rings. The first kappa shape index (κ1) is 26.6. The van der Waals surface area contributed by atoms with Crippen molar-refractivity contribution in [3.63, 3.8) is 0 Å². The van der Waals surface area contributed by atoms with E-state index in [1.807, 2.05) is 41.3 Å². The summed E-state index contributed by atoms with van der Waals surface area (Å²) in [6.07, 6.45) is 3.36. The Kier molecular flexibility index (Phi) is 9.51. The highest BCUT2D eigenvalue weighted by Crippen LogP contribution is 2.27. The summed E-state index contributed by atoms with van der Waals surface area (Å²) in [7, 11) is 1.62. The minimum Gasteiger partial charge on any atom is -0.491 e. The number of Topliss-reactive ketones (excluding diaryl/α,β-unsaturated/α-hetero) is 1. The lowest BCUT2D eigenvalue weighted by Gasteiger charge is -2.33. The lowest BCUT2D eigenvalue weighted by atomic mass is 9.93. The molecule has 8 nitrogen and oxygen atoms in total. The molecule has 0 spiro atoms. The van der Waals surface area contributed by atoms with Gasteiger partial charge in [0.05, 0.1) is 19.3 Å². The van der Waals surface area contributed by atoms with Gasteiger partial charge in [0.25, 0.3) is 0 Å². The number of halogens is 2. The van der Waals surface area contributed by atoms with Crippen molar-refractivity contribution in [3.05, 3.63) is 65.6 Å². The van der Waals surface area contributed by atoms with Crippen molar-refractivity contribution in [1.29, 1.82) is 0 Å². The van der Waals surface area contributed by atoms with E-state index >= 15 is 0 Å². The molecule has 0 aliphatic carbocycles. The molecule has 1 saturated heterocycles. The number of hydrogen-bond donors (Lipinski definition) is 2. The Hall–Kier alpha value is -3.43. The minimum absolute atomic E-state index is 0.104. The number of nitrogens with zero attached hydrogens (tertiary/aromatic N) is 3. The highest BCUT2D eigenvalue weighted by atomic mass is 35.5. The molecule has 0 bridgehead atoms. The van der Waals surface area contributed by atoms with Gasteiger partial charge in [0.2, 0.25) is 5.95 Å². The van der Waals surface area contributed by atoms with Crippen LogP contribution < -0.4 is 20.3 Å². The summed E-state index contributed by atoms with van der Waals surface area (Å²) in [5, 5.41) is 6.86. The highest BCUT2D eigenvalue weighted by molar-refractivity contribution is 6.30. The van der Waals surface area contributed by atoms with Crippen molar-refractivity contribution in [2.45, 2.75) is 19.3 Å². The predicted octanol–water partition coefficient (Wildman–Crippen LogP) is 5.33. The van der Waals surface area contributed by atoms with Crippen molar-refractivity contribution in [2.75, 3.05) is 55.5 Å². The van der Waals surface area contributed by atoms with Gasteiger partial charge in [-0.1, -0.05) is 17.7 Å². The van der Waals surface area contributed by atoms with Gasteiger partial charge < -0.3 is 25.0 Å². The van der Waals surface area contributed by atoms with E-state index in [1.165, 1.54) is 6.20 Å². The lowest BCUT2D eigenvalue weighted by molar-refractivity contribution is -0.118. The van der Waals surface area contributed by atoms with Crippen molar-refractivity contribution >= 4 is 40.5 Å². The number of nitrogens with one attached hydrogen (secondary N) is 2. The summed E-state index contributed by atoms with van der Waals surface area (Å²) < 4.78 is 25.3. The zero-order valence-electron chi connectivity index (χ0n) is 20.8. The summed E-state index contributed by atoms with van der Waals surface area (Å²) in [5.41, 5.74) is 1.56. The zero-order valence-corrected chi connectivity index (χ0v) is 21.5. The SMILES string of the molecule is COCCOc1ccc(Nc2ncc(F)c(N3CCC[C@@H](CC(=O)CNc4cccc(Cl)c4)C3)n2)cc1. The fraction of sp³-hybridized carbons (Fsp3) is 0.370. The maximum atomic E-state index is 14.7. The van der Waals surface area contributed by atoms with E-state index in [9.17, 15) is 9.18 Å². The van der Waals surface area contributed by atoms with Gasteiger partial charge >= 0.3 is 0 Å². The Morgan fingerprint density at radius 3 is 2.81 bits per heavy atom. The summed E-state index contributed by atoms with van der Waals surface area (Å²) in [6, 6.07) is 14.6. The van der Waals surface area contributed by atoms with E-state index in [4.69, 9.17) is 21.1 Å². The Labute approximate surface area is 221 Å². The molecular formula is C27H31ClFN5O3. The molecule has 4 rings (SSSR count). The summed E-state index contributed by atoms with van der Waals surface area (Å²) in [4.78, 5) is 23.0. The molecule has 0 unspecified atom stereocenters.